The van der Waals surface area contributed by atoms with Crippen molar-refractivity contribution in [2.75, 3.05) is 6.54 Å². The number of aromatic nitrogens is 1. The minimum Gasteiger partial charge on any atom is -0.299 e. The summed E-state index contributed by atoms with van der Waals surface area (Å²) in [5.41, 5.74) is 0. The van der Waals surface area contributed by atoms with Crippen molar-refractivity contribution in [2.24, 2.45) is 0 Å². The van der Waals surface area contributed by atoms with E-state index in [0.29, 0.717) is 10.6 Å². The largest absolute Gasteiger partial charge is 0.299 e. The molecule has 0 spiro atoms. The summed E-state index contributed by atoms with van der Waals surface area (Å²) in [4.78, 5) is 4.24. The molecular weight excluding hydrogens is 212 g/mol. The Balaban J connectivity index is 2.11. The topological polar surface area (TPSA) is 24.9 Å². The first-order valence-corrected chi connectivity index (χ1v) is 5.89. The minimum atomic E-state index is 0.359. The molecule has 2 nitrogen and oxygen atoms in total. The third kappa shape index (κ3) is 1.76. The second kappa shape index (κ2) is 3.54. The molecule has 1 N–H and O–H groups in total. The summed E-state index contributed by atoms with van der Waals surface area (Å²) < 4.78 is 0.770. The lowest BCUT2D eigenvalue weighted by atomic mass is 10.5. The van der Waals surface area contributed by atoms with Gasteiger partial charge in [-0.25, -0.2) is 4.98 Å². The molecule has 1 aliphatic heterocycles. The highest BCUT2D eigenvalue weighted by atomic mass is 35.5. The van der Waals surface area contributed by atoms with E-state index in [2.05, 4.69) is 17.2 Å². The molecule has 0 bridgehead atoms. The number of thioether (sulfide) groups is 1. The van der Waals surface area contributed by atoms with Crippen molar-refractivity contribution < 1.29 is 0 Å². The summed E-state index contributed by atoms with van der Waals surface area (Å²) in [6.45, 7) is 3.28. The van der Waals surface area contributed by atoms with E-state index in [0.717, 1.165) is 15.9 Å². The Morgan fingerprint density at radius 1 is 1.75 bits per heavy atom. The summed E-state index contributed by atoms with van der Waals surface area (Å²) in [6.07, 6.45) is 1.72. The summed E-state index contributed by atoms with van der Waals surface area (Å²) >= 11 is 9.26. The zero-order valence-electron chi connectivity index (χ0n) is 6.58. The van der Waals surface area contributed by atoms with Crippen LogP contribution in [-0.2, 0) is 0 Å². The first kappa shape index (κ1) is 8.81. The Labute approximate surface area is 84.7 Å². The Morgan fingerprint density at radius 2 is 2.58 bits per heavy atom. The molecule has 2 unspecified atom stereocenters. The number of rotatable bonds is 1. The van der Waals surface area contributed by atoms with Crippen LogP contribution in [0.2, 0.25) is 4.34 Å². The Morgan fingerprint density at radius 3 is 3.08 bits per heavy atom. The van der Waals surface area contributed by atoms with Crippen molar-refractivity contribution in [1.29, 1.82) is 0 Å². The molecule has 5 heteroatoms. The molecule has 2 heterocycles. The molecule has 0 radical (unpaired) electrons. The molecule has 0 aromatic carbocycles. The van der Waals surface area contributed by atoms with Gasteiger partial charge in [0.2, 0.25) is 0 Å². The number of hydrogen-bond acceptors (Lipinski definition) is 4. The maximum absolute atomic E-state index is 5.79. The van der Waals surface area contributed by atoms with Crippen molar-refractivity contribution in [3.63, 3.8) is 0 Å². The van der Waals surface area contributed by atoms with E-state index >= 15 is 0 Å². The van der Waals surface area contributed by atoms with Crippen LogP contribution < -0.4 is 5.32 Å². The second-order valence-electron chi connectivity index (χ2n) is 2.74. The third-order valence-corrected chi connectivity index (χ3v) is 4.30. The van der Waals surface area contributed by atoms with Crippen LogP contribution in [0.15, 0.2) is 6.20 Å². The highest BCUT2D eigenvalue weighted by Crippen LogP contribution is 2.37. The number of thiazole rings is 1. The second-order valence-corrected chi connectivity index (χ2v) is 5.98. The van der Waals surface area contributed by atoms with Gasteiger partial charge in [0.25, 0.3) is 0 Å². The molecule has 1 aromatic heterocycles. The molecule has 1 aromatic rings. The van der Waals surface area contributed by atoms with E-state index in [1.807, 2.05) is 11.8 Å². The molecule has 1 fully saturated rings. The van der Waals surface area contributed by atoms with Gasteiger partial charge in [0, 0.05) is 11.8 Å². The van der Waals surface area contributed by atoms with Crippen molar-refractivity contribution in [3.8, 4) is 0 Å². The number of halogens is 1. The van der Waals surface area contributed by atoms with E-state index in [9.17, 15) is 0 Å². The van der Waals surface area contributed by atoms with E-state index in [1.54, 1.807) is 17.5 Å². The lowest BCUT2D eigenvalue weighted by Crippen LogP contribution is -2.13. The van der Waals surface area contributed by atoms with Crippen LogP contribution in [0, 0.1) is 0 Å². The fraction of sp³-hybridized carbons (Fsp3) is 0.571. The van der Waals surface area contributed by atoms with Crippen LogP contribution in [0.4, 0.5) is 0 Å². The normalized spacial score (nSPS) is 29.5. The average Bonchev–Trinajstić information content (AvgIpc) is 2.58. The van der Waals surface area contributed by atoms with E-state index in [4.69, 9.17) is 11.6 Å². The number of nitrogens with zero attached hydrogens (tertiary/aromatic N) is 1. The zero-order chi connectivity index (χ0) is 8.55. The van der Waals surface area contributed by atoms with Gasteiger partial charge >= 0.3 is 0 Å². The monoisotopic (exact) mass is 220 g/mol. The van der Waals surface area contributed by atoms with Crippen LogP contribution in [0.3, 0.4) is 0 Å². The van der Waals surface area contributed by atoms with Gasteiger partial charge in [0.05, 0.1) is 6.20 Å². The van der Waals surface area contributed by atoms with E-state index in [-0.39, 0.29) is 0 Å². The zero-order valence-corrected chi connectivity index (χ0v) is 8.97. The quantitative estimate of drug-likeness (QED) is 0.788. The number of nitrogens with one attached hydrogen (secondary N) is 1. The Bertz CT molecular complexity index is 276. The van der Waals surface area contributed by atoms with Crippen molar-refractivity contribution in [2.45, 2.75) is 17.5 Å². The average molecular weight is 221 g/mol. The molecule has 2 atom stereocenters. The minimum absolute atomic E-state index is 0.359. The fourth-order valence-electron chi connectivity index (χ4n) is 1.14. The molecule has 0 aliphatic carbocycles. The van der Waals surface area contributed by atoms with Crippen LogP contribution in [-0.4, -0.2) is 16.8 Å². The van der Waals surface area contributed by atoms with Gasteiger partial charge in [-0.1, -0.05) is 18.5 Å². The summed E-state index contributed by atoms with van der Waals surface area (Å²) in [7, 11) is 0. The lowest BCUT2D eigenvalue weighted by molar-refractivity contribution is 0.714. The SMILES string of the molecule is CC1CNC(c2ncc(Cl)s2)S1. The molecule has 2 rings (SSSR count). The first-order chi connectivity index (χ1) is 5.75. The number of hydrogen-bond donors (Lipinski definition) is 1. The molecule has 66 valence electrons. The van der Waals surface area contributed by atoms with Crippen LogP contribution in [0.5, 0.6) is 0 Å². The Hall–Kier alpha value is 0.230. The third-order valence-electron chi connectivity index (χ3n) is 1.68. The molecule has 0 saturated carbocycles. The summed E-state index contributed by atoms with van der Waals surface area (Å²) in [5, 5.41) is 5.52. The van der Waals surface area contributed by atoms with Crippen LogP contribution >= 0.6 is 34.7 Å². The lowest BCUT2D eigenvalue weighted by Gasteiger charge is -2.03. The predicted octanol–water partition coefficient (Wildman–Crippen LogP) is 2.52. The highest BCUT2D eigenvalue weighted by Gasteiger charge is 2.24. The van der Waals surface area contributed by atoms with Gasteiger partial charge in [-0.2, -0.15) is 0 Å². The van der Waals surface area contributed by atoms with Gasteiger partial charge in [0.15, 0.2) is 0 Å². The summed E-state index contributed by atoms with van der Waals surface area (Å²) in [6, 6.07) is 0. The predicted molar refractivity (Wildman–Crippen MR) is 54.9 cm³/mol. The van der Waals surface area contributed by atoms with Crippen molar-refractivity contribution in [1.82, 2.24) is 10.3 Å². The van der Waals surface area contributed by atoms with Gasteiger partial charge in [0.1, 0.15) is 14.7 Å². The van der Waals surface area contributed by atoms with Crippen molar-refractivity contribution >= 4 is 34.7 Å². The van der Waals surface area contributed by atoms with E-state index in [1.165, 1.54) is 0 Å². The van der Waals surface area contributed by atoms with Gasteiger partial charge in [-0.15, -0.1) is 23.1 Å². The van der Waals surface area contributed by atoms with Gasteiger partial charge in [-0.3, -0.25) is 5.32 Å². The standard InChI is InChI=1S/C7H9ClN2S2/c1-4-2-9-6(11-4)7-10-3-5(8)12-7/h3-4,6,9H,2H2,1H3. The fourth-order valence-corrected chi connectivity index (χ4v) is 3.36. The Kier molecular flexibility index (Phi) is 2.60. The van der Waals surface area contributed by atoms with E-state index < -0.39 is 0 Å². The molecule has 12 heavy (non-hydrogen) atoms. The van der Waals surface area contributed by atoms with Gasteiger partial charge in [-0.05, 0) is 0 Å². The maximum atomic E-state index is 5.79. The maximum Gasteiger partial charge on any atom is 0.121 e. The molecular formula is C7H9ClN2S2. The highest BCUT2D eigenvalue weighted by molar-refractivity contribution is 8.00. The molecule has 1 aliphatic rings. The van der Waals surface area contributed by atoms with Crippen LogP contribution in [0.25, 0.3) is 0 Å². The summed E-state index contributed by atoms with van der Waals surface area (Å²) in [5.74, 6) is 0. The molecule has 1 saturated heterocycles. The molecule has 0 amide bonds. The van der Waals surface area contributed by atoms with Crippen LogP contribution in [0.1, 0.15) is 17.3 Å². The first-order valence-electron chi connectivity index (χ1n) is 3.76. The van der Waals surface area contributed by atoms with Gasteiger partial charge < -0.3 is 0 Å². The van der Waals surface area contributed by atoms with Crippen molar-refractivity contribution in [3.05, 3.63) is 15.5 Å². The smallest absolute Gasteiger partial charge is 0.121 e.